The summed E-state index contributed by atoms with van der Waals surface area (Å²) >= 11 is 5.91. The van der Waals surface area contributed by atoms with Gasteiger partial charge in [-0.3, -0.25) is 25.4 Å². The van der Waals surface area contributed by atoms with E-state index in [0.29, 0.717) is 16.3 Å². The normalized spacial score (nSPS) is 10.1. The first kappa shape index (κ1) is 18.4. The summed E-state index contributed by atoms with van der Waals surface area (Å²) in [6.45, 7) is 0. The summed E-state index contributed by atoms with van der Waals surface area (Å²) in [6, 6.07) is 15.4. The van der Waals surface area contributed by atoms with E-state index in [-0.39, 0.29) is 5.56 Å². The van der Waals surface area contributed by atoms with Crippen LogP contribution in [0.4, 0.5) is 0 Å². The fourth-order valence-electron chi connectivity index (χ4n) is 2.46. The van der Waals surface area contributed by atoms with Gasteiger partial charge in [0.05, 0.1) is 12.7 Å². The first-order valence-corrected chi connectivity index (χ1v) is 8.41. The zero-order valence-corrected chi connectivity index (χ0v) is 15.2. The van der Waals surface area contributed by atoms with Gasteiger partial charge in [-0.2, -0.15) is 0 Å². The highest BCUT2D eigenvalue weighted by molar-refractivity contribution is 6.31. The lowest BCUT2D eigenvalue weighted by molar-refractivity contribution is 0.0845. The minimum Gasteiger partial charge on any atom is -0.496 e. The lowest BCUT2D eigenvalue weighted by Gasteiger charge is -2.11. The van der Waals surface area contributed by atoms with E-state index in [1.54, 1.807) is 36.7 Å². The highest BCUT2D eigenvalue weighted by Crippen LogP contribution is 2.22. The Hall–Kier alpha value is -3.38. The Morgan fingerprint density at radius 1 is 0.963 bits per heavy atom. The highest BCUT2D eigenvalue weighted by Gasteiger charge is 2.14. The van der Waals surface area contributed by atoms with Gasteiger partial charge < -0.3 is 4.74 Å². The minimum atomic E-state index is -0.533. The smallest absolute Gasteiger partial charge is 0.273 e. The van der Waals surface area contributed by atoms with Crippen molar-refractivity contribution in [3.63, 3.8) is 0 Å². The molecular weight excluding hydrogens is 366 g/mol. The van der Waals surface area contributed by atoms with Crippen molar-refractivity contribution in [1.82, 2.24) is 15.8 Å². The lowest BCUT2D eigenvalue weighted by atomic mass is 10.1. The van der Waals surface area contributed by atoms with Gasteiger partial charge in [0.15, 0.2) is 0 Å². The number of rotatable bonds is 4. The number of halogens is 1. The molecule has 3 rings (SSSR count). The van der Waals surface area contributed by atoms with Crippen LogP contribution in [0.25, 0.3) is 11.1 Å². The number of hydrogen-bond donors (Lipinski definition) is 2. The maximum absolute atomic E-state index is 12.3. The molecule has 0 aliphatic rings. The van der Waals surface area contributed by atoms with Gasteiger partial charge in [-0.1, -0.05) is 29.8 Å². The van der Waals surface area contributed by atoms with E-state index in [1.165, 1.54) is 13.2 Å². The number of nitrogens with zero attached hydrogens (tertiary/aromatic N) is 1. The van der Waals surface area contributed by atoms with Gasteiger partial charge in [0, 0.05) is 23.0 Å². The van der Waals surface area contributed by atoms with Crippen LogP contribution in [-0.4, -0.2) is 23.9 Å². The molecule has 1 heterocycles. The summed E-state index contributed by atoms with van der Waals surface area (Å²) in [5.41, 5.74) is 7.25. The van der Waals surface area contributed by atoms with E-state index in [9.17, 15) is 9.59 Å². The molecule has 0 spiro atoms. The maximum Gasteiger partial charge on any atom is 0.273 e. The third-order valence-electron chi connectivity index (χ3n) is 3.84. The van der Waals surface area contributed by atoms with Crippen molar-refractivity contribution in [2.24, 2.45) is 0 Å². The zero-order chi connectivity index (χ0) is 19.2. The molecule has 0 aliphatic carbocycles. The van der Waals surface area contributed by atoms with Crippen LogP contribution >= 0.6 is 11.6 Å². The van der Waals surface area contributed by atoms with Crippen LogP contribution in [0.15, 0.2) is 67.0 Å². The number of hydrazine groups is 1. The van der Waals surface area contributed by atoms with Gasteiger partial charge in [0.2, 0.25) is 0 Å². The molecule has 2 aromatic carbocycles. The van der Waals surface area contributed by atoms with Crippen LogP contribution in [0.5, 0.6) is 5.75 Å². The zero-order valence-electron chi connectivity index (χ0n) is 14.4. The van der Waals surface area contributed by atoms with E-state index in [1.807, 2.05) is 24.3 Å². The standard InChI is InChI=1S/C20H16ClN3O3/c1-27-18-9-8-16(21)11-17(18)20(26)24-23-19(25)14-6-4-13(5-7-14)15-3-2-10-22-12-15/h2-12H,1H3,(H,23,25)(H,24,26). The Labute approximate surface area is 161 Å². The van der Waals surface area contributed by atoms with Crippen LogP contribution in [0.2, 0.25) is 5.02 Å². The Bertz CT molecular complexity index is 960. The van der Waals surface area contributed by atoms with Crippen LogP contribution in [0, 0.1) is 0 Å². The number of ether oxygens (including phenoxy) is 1. The molecule has 2 amide bonds. The Balaban J connectivity index is 1.66. The number of carbonyl (C=O) groups is 2. The number of hydrogen-bond acceptors (Lipinski definition) is 4. The Morgan fingerprint density at radius 2 is 1.70 bits per heavy atom. The van der Waals surface area contributed by atoms with Gasteiger partial charge in [-0.15, -0.1) is 0 Å². The van der Waals surface area contributed by atoms with E-state index in [4.69, 9.17) is 16.3 Å². The number of benzene rings is 2. The third-order valence-corrected chi connectivity index (χ3v) is 4.07. The minimum absolute atomic E-state index is 0.220. The van der Waals surface area contributed by atoms with Gasteiger partial charge in [-0.05, 0) is 47.5 Å². The lowest BCUT2D eigenvalue weighted by Crippen LogP contribution is -2.41. The molecule has 0 bridgehead atoms. The van der Waals surface area contributed by atoms with Crippen molar-refractivity contribution in [3.05, 3.63) is 83.1 Å². The van der Waals surface area contributed by atoms with E-state index in [2.05, 4.69) is 15.8 Å². The summed E-state index contributed by atoms with van der Waals surface area (Å²) < 4.78 is 5.13. The van der Waals surface area contributed by atoms with Crippen molar-refractivity contribution in [2.75, 3.05) is 7.11 Å². The average molecular weight is 382 g/mol. The molecule has 2 N–H and O–H groups in total. The molecule has 136 valence electrons. The first-order valence-electron chi connectivity index (χ1n) is 8.03. The maximum atomic E-state index is 12.3. The second-order valence-electron chi connectivity index (χ2n) is 5.57. The van der Waals surface area contributed by atoms with E-state index >= 15 is 0 Å². The molecule has 3 aromatic rings. The van der Waals surface area contributed by atoms with Crippen molar-refractivity contribution < 1.29 is 14.3 Å². The van der Waals surface area contributed by atoms with Crippen LogP contribution in [-0.2, 0) is 0 Å². The Morgan fingerprint density at radius 3 is 2.37 bits per heavy atom. The quantitative estimate of drug-likeness (QED) is 0.678. The van der Waals surface area contributed by atoms with E-state index < -0.39 is 11.8 Å². The Kier molecular flexibility index (Phi) is 5.68. The topological polar surface area (TPSA) is 80.3 Å². The molecule has 7 heteroatoms. The molecule has 0 atom stereocenters. The number of aromatic nitrogens is 1. The van der Waals surface area contributed by atoms with Crippen LogP contribution in [0.3, 0.4) is 0 Å². The average Bonchev–Trinajstić information content (AvgIpc) is 2.72. The predicted molar refractivity (Wildman–Crippen MR) is 103 cm³/mol. The fourth-order valence-corrected chi connectivity index (χ4v) is 2.63. The molecule has 0 radical (unpaired) electrons. The number of nitrogens with one attached hydrogen (secondary N) is 2. The molecular formula is C20H16ClN3O3. The van der Waals surface area contributed by atoms with Gasteiger partial charge in [0.1, 0.15) is 5.75 Å². The van der Waals surface area contributed by atoms with Crippen molar-refractivity contribution in [1.29, 1.82) is 0 Å². The molecule has 0 saturated heterocycles. The largest absolute Gasteiger partial charge is 0.496 e. The third kappa shape index (κ3) is 4.43. The predicted octanol–water partition coefficient (Wildman–Crippen LogP) is 3.49. The first-order chi connectivity index (χ1) is 13.1. The van der Waals surface area contributed by atoms with Crippen molar-refractivity contribution >= 4 is 23.4 Å². The molecule has 27 heavy (non-hydrogen) atoms. The van der Waals surface area contributed by atoms with Crippen molar-refractivity contribution in [2.45, 2.75) is 0 Å². The second-order valence-corrected chi connectivity index (χ2v) is 6.01. The summed E-state index contributed by atoms with van der Waals surface area (Å²) in [5, 5.41) is 0.387. The summed E-state index contributed by atoms with van der Waals surface area (Å²) in [4.78, 5) is 28.6. The molecule has 0 saturated carbocycles. The molecule has 6 nitrogen and oxygen atoms in total. The number of amides is 2. The van der Waals surface area contributed by atoms with Gasteiger partial charge in [-0.25, -0.2) is 0 Å². The second kappa shape index (κ2) is 8.33. The highest BCUT2D eigenvalue weighted by atomic mass is 35.5. The van der Waals surface area contributed by atoms with Gasteiger partial charge in [0.25, 0.3) is 11.8 Å². The summed E-state index contributed by atoms with van der Waals surface area (Å²) in [5.74, 6) is -0.622. The van der Waals surface area contributed by atoms with E-state index in [0.717, 1.165) is 11.1 Å². The van der Waals surface area contributed by atoms with Crippen LogP contribution in [0.1, 0.15) is 20.7 Å². The van der Waals surface area contributed by atoms with Gasteiger partial charge >= 0.3 is 0 Å². The fraction of sp³-hybridized carbons (Fsp3) is 0.0500. The monoisotopic (exact) mass is 381 g/mol. The molecule has 1 aromatic heterocycles. The van der Waals surface area contributed by atoms with Crippen LogP contribution < -0.4 is 15.6 Å². The summed E-state index contributed by atoms with van der Waals surface area (Å²) in [7, 11) is 1.45. The number of methoxy groups -OCH3 is 1. The number of pyridine rings is 1. The molecule has 0 unspecified atom stereocenters. The molecule has 0 fully saturated rings. The number of carbonyl (C=O) groups excluding carboxylic acids is 2. The summed E-state index contributed by atoms with van der Waals surface area (Å²) in [6.07, 6.45) is 3.44. The molecule has 0 aliphatic heterocycles. The van der Waals surface area contributed by atoms with Crippen molar-refractivity contribution in [3.8, 4) is 16.9 Å². The SMILES string of the molecule is COc1ccc(Cl)cc1C(=O)NNC(=O)c1ccc(-c2cccnc2)cc1.